The summed E-state index contributed by atoms with van der Waals surface area (Å²) >= 11 is 3.37. The topological polar surface area (TPSA) is 15.3 Å². The molecule has 0 saturated carbocycles. The Balaban J connectivity index is 2.57. The summed E-state index contributed by atoms with van der Waals surface area (Å²) in [5.74, 6) is -0.130. The van der Waals surface area contributed by atoms with Crippen molar-refractivity contribution in [3.63, 3.8) is 0 Å². The standard InChI is InChI=1S/C13H20BrFN2/c1-3-16-7-8-17(4-2)10-11-9-12(14)5-6-13(11)15/h5-6,9,16H,3-4,7-8,10H2,1-2H3. The molecule has 96 valence electrons. The summed E-state index contributed by atoms with van der Waals surface area (Å²) < 4.78 is 14.5. The van der Waals surface area contributed by atoms with E-state index < -0.39 is 0 Å². The number of nitrogens with zero attached hydrogens (tertiary/aromatic N) is 1. The average molecular weight is 303 g/mol. The molecule has 0 atom stereocenters. The van der Waals surface area contributed by atoms with E-state index in [9.17, 15) is 4.39 Å². The first kappa shape index (κ1) is 14.6. The van der Waals surface area contributed by atoms with Crippen molar-refractivity contribution in [3.05, 3.63) is 34.1 Å². The summed E-state index contributed by atoms with van der Waals surface area (Å²) in [5.41, 5.74) is 0.748. The molecule has 1 rings (SSSR count). The largest absolute Gasteiger partial charge is 0.316 e. The first-order chi connectivity index (χ1) is 8.17. The highest BCUT2D eigenvalue weighted by Gasteiger charge is 2.08. The minimum absolute atomic E-state index is 0.130. The van der Waals surface area contributed by atoms with Gasteiger partial charge in [0.15, 0.2) is 0 Å². The highest BCUT2D eigenvalue weighted by molar-refractivity contribution is 9.10. The van der Waals surface area contributed by atoms with Gasteiger partial charge in [-0.05, 0) is 31.3 Å². The molecule has 0 aliphatic rings. The zero-order valence-electron chi connectivity index (χ0n) is 10.5. The summed E-state index contributed by atoms with van der Waals surface area (Å²) in [6.45, 7) is 8.63. The molecule has 4 heteroatoms. The van der Waals surface area contributed by atoms with Crippen LogP contribution in [-0.2, 0) is 6.54 Å². The first-order valence-electron chi connectivity index (χ1n) is 6.04. The van der Waals surface area contributed by atoms with Gasteiger partial charge < -0.3 is 5.32 Å². The van der Waals surface area contributed by atoms with Crippen LogP contribution in [0.2, 0.25) is 0 Å². The van der Waals surface area contributed by atoms with Gasteiger partial charge in [-0.25, -0.2) is 4.39 Å². The fraction of sp³-hybridized carbons (Fsp3) is 0.538. The maximum Gasteiger partial charge on any atom is 0.127 e. The van der Waals surface area contributed by atoms with Gasteiger partial charge in [-0.3, -0.25) is 4.90 Å². The van der Waals surface area contributed by atoms with Gasteiger partial charge in [0.25, 0.3) is 0 Å². The maximum atomic E-state index is 13.6. The van der Waals surface area contributed by atoms with Crippen molar-refractivity contribution in [3.8, 4) is 0 Å². The lowest BCUT2D eigenvalue weighted by Crippen LogP contribution is -2.31. The van der Waals surface area contributed by atoms with Gasteiger partial charge in [0.05, 0.1) is 0 Å². The summed E-state index contributed by atoms with van der Waals surface area (Å²) in [4.78, 5) is 2.23. The molecule has 0 aliphatic heterocycles. The van der Waals surface area contributed by atoms with E-state index in [4.69, 9.17) is 0 Å². The Morgan fingerprint density at radius 3 is 2.76 bits per heavy atom. The van der Waals surface area contributed by atoms with Crippen molar-refractivity contribution in [2.45, 2.75) is 20.4 Å². The highest BCUT2D eigenvalue weighted by atomic mass is 79.9. The summed E-state index contributed by atoms with van der Waals surface area (Å²) in [6.07, 6.45) is 0. The van der Waals surface area contributed by atoms with E-state index in [2.05, 4.69) is 40.0 Å². The van der Waals surface area contributed by atoms with Crippen LogP contribution in [0.15, 0.2) is 22.7 Å². The molecule has 0 unspecified atom stereocenters. The second kappa shape index (κ2) is 7.80. The number of likely N-dealkylation sites (N-methyl/N-ethyl adjacent to an activating group) is 2. The molecule has 0 bridgehead atoms. The molecule has 0 amide bonds. The highest BCUT2D eigenvalue weighted by Crippen LogP contribution is 2.17. The molecule has 1 aromatic rings. The Labute approximate surface area is 111 Å². The minimum atomic E-state index is -0.130. The van der Waals surface area contributed by atoms with Gasteiger partial charge in [-0.1, -0.05) is 29.8 Å². The van der Waals surface area contributed by atoms with Crippen molar-refractivity contribution in [1.29, 1.82) is 0 Å². The van der Waals surface area contributed by atoms with Gasteiger partial charge in [-0.15, -0.1) is 0 Å². The predicted molar refractivity (Wildman–Crippen MR) is 73.6 cm³/mol. The van der Waals surface area contributed by atoms with E-state index in [1.807, 2.05) is 6.07 Å². The predicted octanol–water partition coefficient (Wildman–Crippen LogP) is 3.02. The third-order valence-corrected chi connectivity index (χ3v) is 3.20. The van der Waals surface area contributed by atoms with Gasteiger partial charge >= 0.3 is 0 Å². The molecule has 0 aliphatic carbocycles. The lowest BCUT2D eigenvalue weighted by Gasteiger charge is -2.21. The van der Waals surface area contributed by atoms with Crippen LogP contribution in [0.4, 0.5) is 4.39 Å². The molecule has 0 heterocycles. The van der Waals surface area contributed by atoms with Gasteiger partial charge in [0.2, 0.25) is 0 Å². The van der Waals surface area contributed by atoms with E-state index >= 15 is 0 Å². The van der Waals surface area contributed by atoms with Crippen molar-refractivity contribution < 1.29 is 4.39 Å². The number of rotatable bonds is 7. The number of nitrogens with one attached hydrogen (secondary N) is 1. The molecule has 0 aromatic heterocycles. The van der Waals surface area contributed by atoms with E-state index in [-0.39, 0.29) is 5.82 Å². The van der Waals surface area contributed by atoms with Crippen LogP contribution in [0.3, 0.4) is 0 Å². The molecule has 0 saturated heterocycles. The second-order valence-corrected chi connectivity index (χ2v) is 4.87. The molecular formula is C13H20BrFN2. The van der Waals surface area contributed by atoms with Crippen LogP contribution in [-0.4, -0.2) is 31.1 Å². The molecule has 1 N–H and O–H groups in total. The molecule has 0 spiro atoms. The smallest absolute Gasteiger partial charge is 0.127 e. The Hall–Kier alpha value is -0.450. The van der Waals surface area contributed by atoms with E-state index in [0.29, 0.717) is 6.54 Å². The molecule has 0 radical (unpaired) electrons. The van der Waals surface area contributed by atoms with Crippen molar-refractivity contribution in [2.24, 2.45) is 0 Å². The van der Waals surface area contributed by atoms with Gasteiger partial charge in [-0.2, -0.15) is 0 Å². The van der Waals surface area contributed by atoms with Crippen molar-refractivity contribution >= 4 is 15.9 Å². The lowest BCUT2D eigenvalue weighted by atomic mass is 10.2. The van der Waals surface area contributed by atoms with Crippen LogP contribution < -0.4 is 5.32 Å². The van der Waals surface area contributed by atoms with E-state index in [0.717, 1.165) is 36.2 Å². The summed E-state index contributed by atoms with van der Waals surface area (Å²) in [5, 5.41) is 3.28. The maximum absolute atomic E-state index is 13.6. The minimum Gasteiger partial charge on any atom is -0.316 e. The Morgan fingerprint density at radius 1 is 1.35 bits per heavy atom. The summed E-state index contributed by atoms with van der Waals surface area (Å²) in [6, 6.07) is 5.09. The number of halogens is 2. The van der Waals surface area contributed by atoms with Crippen LogP contribution in [0, 0.1) is 5.82 Å². The van der Waals surface area contributed by atoms with Crippen LogP contribution in [0.25, 0.3) is 0 Å². The third-order valence-electron chi connectivity index (χ3n) is 2.70. The monoisotopic (exact) mass is 302 g/mol. The van der Waals surface area contributed by atoms with E-state index in [1.54, 1.807) is 6.07 Å². The Kier molecular flexibility index (Phi) is 6.70. The Bertz CT molecular complexity index is 344. The van der Waals surface area contributed by atoms with Crippen molar-refractivity contribution in [2.75, 3.05) is 26.2 Å². The molecular weight excluding hydrogens is 283 g/mol. The summed E-state index contributed by atoms with van der Waals surface area (Å²) in [7, 11) is 0. The number of benzene rings is 1. The second-order valence-electron chi connectivity index (χ2n) is 3.96. The molecule has 2 nitrogen and oxygen atoms in total. The van der Waals surface area contributed by atoms with Gasteiger partial charge in [0.1, 0.15) is 5.82 Å². The van der Waals surface area contributed by atoms with E-state index in [1.165, 1.54) is 6.07 Å². The van der Waals surface area contributed by atoms with Gasteiger partial charge in [0, 0.05) is 29.7 Å². The first-order valence-corrected chi connectivity index (χ1v) is 6.83. The fourth-order valence-electron chi connectivity index (χ4n) is 1.67. The molecule has 1 aromatic carbocycles. The molecule has 17 heavy (non-hydrogen) atoms. The SMILES string of the molecule is CCNCCN(CC)Cc1cc(Br)ccc1F. The Morgan fingerprint density at radius 2 is 2.12 bits per heavy atom. The fourth-order valence-corrected chi connectivity index (χ4v) is 2.08. The quantitative estimate of drug-likeness (QED) is 0.779. The average Bonchev–Trinajstić information content (AvgIpc) is 2.32. The van der Waals surface area contributed by atoms with Crippen LogP contribution >= 0.6 is 15.9 Å². The zero-order valence-corrected chi connectivity index (χ0v) is 12.1. The van der Waals surface area contributed by atoms with Crippen LogP contribution in [0.5, 0.6) is 0 Å². The number of hydrogen-bond acceptors (Lipinski definition) is 2. The number of hydrogen-bond donors (Lipinski definition) is 1. The lowest BCUT2D eigenvalue weighted by molar-refractivity contribution is 0.276. The zero-order chi connectivity index (χ0) is 12.7. The van der Waals surface area contributed by atoms with Crippen molar-refractivity contribution in [1.82, 2.24) is 10.2 Å². The van der Waals surface area contributed by atoms with Crippen LogP contribution in [0.1, 0.15) is 19.4 Å². The molecule has 0 fully saturated rings. The normalized spacial score (nSPS) is 11.1. The third kappa shape index (κ3) is 5.15.